The minimum atomic E-state index is 0.560. The first-order chi connectivity index (χ1) is 12.8. The molecule has 0 N–H and O–H groups in total. The van der Waals surface area contributed by atoms with E-state index < -0.39 is 0 Å². The predicted molar refractivity (Wildman–Crippen MR) is 108 cm³/mol. The van der Waals surface area contributed by atoms with Gasteiger partial charge in [-0.2, -0.15) is 5.10 Å². The number of thiazole rings is 1. The van der Waals surface area contributed by atoms with Crippen LogP contribution in [-0.2, 0) is 13.2 Å². The van der Waals surface area contributed by atoms with Gasteiger partial charge < -0.3 is 9.30 Å². The molecule has 0 fully saturated rings. The molecule has 0 saturated heterocycles. The molecule has 0 spiro atoms. The lowest BCUT2D eigenvalue weighted by atomic mass is 10.2. The number of allylic oxidation sites excluding steroid dienone is 1. The Morgan fingerprint density at radius 2 is 1.88 bits per heavy atom. The van der Waals surface area contributed by atoms with Gasteiger partial charge in [0, 0.05) is 17.6 Å². The van der Waals surface area contributed by atoms with Crippen LogP contribution in [0.25, 0.3) is 0 Å². The van der Waals surface area contributed by atoms with Gasteiger partial charge in [0.25, 0.3) is 0 Å². The Kier molecular flexibility index (Phi) is 6.17. The van der Waals surface area contributed by atoms with E-state index in [1.54, 1.807) is 17.6 Å². The highest BCUT2D eigenvalue weighted by Crippen LogP contribution is 2.13. The molecule has 26 heavy (non-hydrogen) atoms. The molecule has 1 aromatic heterocycles. The molecule has 0 aliphatic carbocycles. The predicted octanol–water partition coefficient (Wildman–Crippen LogP) is 4.56. The number of hydrogen-bond donors (Lipinski definition) is 0. The number of nitrogens with zero attached hydrogens (tertiary/aromatic N) is 3. The normalized spacial score (nSPS) is 11.8. The number of aryl methyl sites for hydroxylation is 1. The minimum Gasteiger partial charge on any atom is -0.489 e. The zero-order valence-corrected chi connectivity index (χ0v) is 15.5. The second-order valence-corrected chi connectivity index (χ2v) is 6.58. The molecular formula is C21H21N3OS. The standard InChI is InChI=1S/C21H21N3OS/c1-3-13-24-17(2)16-26-21(24)23-22-14-18-9-11-20(12-10-18)25-15-19-7-5-4-6-8-19/h3-12,14,16H,1,13,15H2,2H3. The summed E-state index contributed by atoms with van der Waals surface area (Å²) >= 11 is 1.57. The van der Waals surface area contributed by atoms with Gasteiger partial charge in [0.15, 0.2) is 0 Å². The molecule has 0 bridgehead atoms. The second kappa shape index (κ2) is 8.97. The van der Waals surface area contributed by atoms with Crippen molar-refractivity contribution in [1.29, 1.82) is 0 Å². The maximum atomic E-state index is 5.79. The fourth-order valence-corrected chi connectivity index (χ4v) is 3.22. The topological polar surface area (TPSA) is 38.9 Å². The molecule has 132 valence electrons. The first kappa shape index (κ1) is 17.9. The maximum absolute atomic E-state index is 5.79. The zero-order valence-electron chi connectivity index (χ0n) is 14.7. The van der Waals surface area contributed by atoms with Gasteiger partial charge in [-0.3, -0.25) is 0 Å². The van der Waals surface area contributed by atoms with Crippen molar-refractivity contribution in [2.24, 2.45) is 10.2 Å². The Morgan fingerprint density at radius 1 is 1.12 bits per heavy atom. The van der Waals surface area contributed by atoms with E-state index in [0.717, 1.165) is 33.9 Å². The van der Waals surface area contributed by atoms with Gasteiger partial charge in [-0.1, -0.05) is 36.4 Å². The zero-order chi connectivity index (χ0) is 18.2. The lowest BCUT2D eigenvalue weighted by molar-refractivity contribution is 0.306. The number of ether oxygens (including phenoxy) is 1. The van der Waals surface area contributed by atoms with Crippen molar-refractivity contribution < 1.29 is 4.74 Å². The molecule has 4 nitrogen and oxygen atoms in total. The van der Waals surface area contributed by atoms with E-state index in [0.29, 0.717) is 6.61 Å². The highest BCUT2D eigenvalue weighted by atomic mass is 32.1. The van der Waals surface area contributed by atoms with Crippen molar-refractivity contribution in [3.63, 3.8) is 0 Å². The molecule has 0 unspecified atom stereocenters. The Balaban J connectivity index is 1.63. The third kappa shape index (κ3) is 4.80. The van der Waals surface area contributed by atoms with Crippen LogP contribution in [0.5, 0.6) is 5.75 Å². The molecule has 3 aromatic rings. The first-order valence-electron chi connectivity index (χ1n) is 8.36. The van der Waals surface area contributed by atoms with Crippen LogP contribution in [0.1, 0.15) is 16.8 Å². The first-order valence-corrected chi connectivity index (χ1v) is 9.24. The Morgan fingerprint density at radius 3 is 2.62 bits per heavy atom. The summed E-state index contributed by atoms with van der Waals surface area (Å²) in [6.07, 6.45) is 3.60. The number of rotatable bonds is 7. The van der Waals surface area contributed by atoms with Crippen LogP contribution < -0.4 is 9.54 Å². The molecular weight excluding hydrogens is 342 g/mol. The van der Waals surface area contributed by atoms with E-state index in [9.17, 15) is 0 Å². The van der Waals surface area contributed by atoms with Crippen molar-refractivity contribution in [2.75, 3.05) is 0 Å². The van der Waals surface area contributed by atoms with Gasteiger partial charge in [0.2, 0.25) is 4.80 Å². The SMILES string of the molecule is C=CCn1c(C)csc1=NN=Cc1ccc(OCc2ccccc2)cc1. The summed E-state index contributed by atoms with van der Waals surface area (Å²) in [6, 6.07) is 17.9. The summed E-state index contributed by atoms with van der Waals surface area (Å²) < 4.78 is 7.87. The van der Waals surface area contributed by atoms with E-state index >= 15 is 0 Å². The van der Waals surface area contributed by atoms with Gasteiger partial charge >= 0.3 is 0 Å². The Bertz CT molecular complexity index is 937. The van der Waals surface area contributed by atoms with Crippen molar-refractivity contribution in [3.05, 3.63) is 94.3 Å². The lowest BCUT2D eigenvalue weighted by Gasteiger charge is -2.06. The van der Waals surface area contributed by atoms with Crippen LogP contribution in [0.2, 0.25) is 0 Å². The van der Waals surface area contributed by atoms with E-state index in [1.165, 1.54) is 0 Å². The van der Waals surface area contributed by atoms with Crippen LogP contribution >= 0.6 is 11.3 Å². The summed E-state index contributed by atoms with van der Waals surface area (Å²) in [5, 5.41) is 10.6. The highest BCUT2D eigenvalue weighted by Gasteiger charge is 1.98. The molecule has 0 aliphatic rings. The number of hydrogen-bond acceptors (Lipinski definition) is 4. The largest absolute Gasteiger partial charge is 0.489 e. The third-order valence-electron chi connectivity index (χ3n) is 3.78. The molecule has 5 heteroatoms. The van der Waals surface area contributed by atoms with Gasteiger partial charge in [-0.05, 0) is 42.3 Å². The smallest absolute Gasteiger partial charge is 0.211 e. The van der Waals surface area contributed by atoms with Gasteiger partial charge in [-0.25, -0.2) is 0 Å². The summed E-state index contributed by atoms with van der Waals surface area (Å²) in [5.41, 5.74) is 3.28. The Hall–Kier alpha value is -2.92. The highest BCUT2D eigenvalue weighted by molar-refractivity contribution is 7.07. The quantitative estimate of drug-likeness (QED) is 0.345. The van der Waals surface area contributed by atoms with Gasteiger partial charge in [-0.15, -0.1) is 23.0 Å². The second-order valence-electron chi connectivity index (χ2n) is 5.75. The molecule has 1 heterocycles. The van der Waals surface area contributed by atoms with E-state index in [2.05, 4.69) is 33.7 Å². The fraction of sp³-hybridized carbons (Fsp3) is 0.143. The summed E-state index contributed by atoms with van der Waals surface area (Å²) in [5.74, 6) is 0.834. The molecule has 0 atom stereocenters. The summed E-state index contributed by atoms with van der Waals surface area (Å²) in [4.78, 5) is 0.862. The molecule has 0 aliphatic heterocycles. The van der Waals surface area contributed by atoms with Crippen LogP contribution in [0.15, 0.2) is 82.8 Å². The van der Waals surface area contributed by atoms with Crippen LogP contribution in [0.3, 0.4) is 0 Å². The Labute approximate surface area is 157 Å². The molecule has 0 saturated carbocycles. The van der Waals surface area contributed by atoms with Crippen LogP contribution in [-0.4, -0.2) is 10.8 Å². The van der Waals surface area contributed by atoms with Crippen LogP contribution in [0, 0.1) is 6.92 Å². The minimum absolute atomic E-state index is 0.560. The monoisotopic (exact) mass is 363 g/mol. The van der Waals surface area contributed by atoms with Crippen molar-refractivity contribution in [3.8, 4) is 5.75 Å². The number of aromatic nitrogens is 1. The van der Waals surface area contributed by atoms with Crippen molar-refractivity contribution in [1.82, 2.24) is 4.57 Å². The van der Waals surface area contributed by atoms with E-state index in [-0.39, 0.29) is 0 Å². The van der Waals surface area contributed by atoms with Crippen molar-refractivity contribution in [2.45, 2.75) is 20.1 Å². The molecule has 3 rings (SSSR count). The molecule has 0 amide bonds. The van der Waals surface area contributed by atoms with Crippen LogP contribution in [0.4, 0.5) is 0 Å². The number of benzene rings is 2. The fourth-order valence-electron chi connectivity index (χ4n) is 2.38. The third-order valence-corrected chi connectivity index (χ3v) is 4.75. The molecule has 2 aromatic carbocycles. The maximum Gasteiger partial charge on any atom is 0.211 e. The van der Waals surface area contributed by atoms with Gasteiger partial charge in [0.05, 0.1) is 6.21 Å². The average Bonchev–Trinajstić information content (AvgIpc) is 3.02. The van der Waals surface area contributed by atoms with Gasteiger partial charge in [0.1, 0.15) is 12.4 Å². The van der Waals surface area contributed by atoms with E-state index in [4.69, 9.17) is 4.74 Å². The average molecular weight is 363 g/mol. The van der Waals surface area contributed by atoms with E-state index in [1.807, 2.05) is 60.7 Å². The summed E-state index contributed by atoms with van der Waals surface area (Å²) in [7, 11) is 0. The van der Waals surface area contributed by atoms with Crippen molar-refractivity contribution >= 4 is 17.6 Å². The summed E-state index contributed by atoms with van der Waals surface area (Å²) in [6.45, 7) is 7.13. The lowest BCUT2D eigenvalue weighted by Crippen LogP contribution is -2.14. The molecule has 0 radical (unpaired) electrons.